The first-order chi connectivity index (χ1) is 10.9. The third-order valence-corrected chi connectivity index (χ3v) is 5.08. The number of amides is 3. The highest BCUT2D eigenvalue weighted by atomic mass is 16.2. The number of carbonyl (C=O) groups excluding carboxylic acids is 2. The van der Waals surface area contributed by atoms with Gasteiger partial charge in [-0.05, 0) is 39.2 Å². The second-order valence-corrected chi connectivity index (χ2v) is 7.76. The summed E-state index contributed by atoms with van der Waals surface area (Å²) in [6.45, 7) is 6.32. The van der Waals surface area contributed by atoms with Gasteiger partial charge in [0, 0.05) is 12.1 Å². The molecule has 1 aliphatic heterocycles. The number of urea groups is 1. The van der Waals surface area contributed by atoms with Crippen molar-refractivity contribution in [1.29, 1.82) is 0 Å². The minimum absolute atomic E-state index is 0.00521. The molecule has 1 aromatic carbocycles. The zero-order valence-corrected chi connectivity index (χ0v) is 14.3. The Balaban J connectivity index is 1.99. The van der Waals surface area contributed by atoms with Crippen LogP contribution in [0.15, 0.2) is 30.3 Å². The van der Waals surface area contributed by atoms with Crippen molar-refractivity contribution >= 4 is 11.9 Å². The van der Waals surface area contributed by atoms with Gasteiger partial charge in [-0.25, -0.2) is 4.79 Å². The number of rotatable bonds is 2. The molecule has 0 unspecified atom stereocenters. The highest BCUT2D eigenvalue weighted by Gasteiger charge is 2.59. The second kappa shape index (κ2) is 5.66. The molecule has 0 aromatic heterocycles. The minimum atomic E-state index is -0.627. The van der Waals surface area contributed by atoms with Gasteiger partial charge in [-0.1, -0.05) is 49.6 Å². The van der Waals surface area contributed by atoms with Crippen molar-refractivity contribution in [2.75, 3.05) is 0 Å². The van der Waals surface area contributed by atoms with Gasteiger partial charge in [0.1, 0.15) is 5.54 Å². The van der Waals surface area contributed by atoms with Crippen molar-refractivity contribution in [3.05, 3.63) is 35.9 Å². The fourth-order valence-electron chi connectivity index (χ4n) is 3.91. The zero-order valence-electron chi connectivity index (χ0n) is 14.3. The van der Waals surface area contributed by atoms with E-state index in [1.807, 2.05) is 56.0 Å². The third kappa shape index (κ3) is 2.64. The largest absolute Gasteiger partial charge is 0.328 e. The Labute approximate surface area is 138 Å². The van der Waals surface area contributed by atoms with E-state index in [0.717, 1.165) is 37.7 Å². The predicted molar refractivity (Wildman–Crippen MR) is 89.8 cm³/mol. The van der Waals surface area contributed by atoms with Crippen molar-refractivity contribution in [3.8, 4) is 0 Å². The summed E-state index contributed by atoms with van der Waals surface area (Å²) in [5.41, 5.74) is -0.0305. The molecular formula is C19H26N2O2. The Bertz CT molecular complexity index is 598. The molecule has 23 heavy (non-hydrogen) atoms. The Hall–Kier alpha value is -1.84. The monoisotopic (exact) mass is 314 g/mol. The summed E-state index contributed by atoms with van der Waals surface area (Å²) in [5, 5.41) is 0. The summed E-state index contributed by atoms with van der Waals surface area (Å²) in [4.78, 5) is 29.6. The molecule has 0 bridgehead atoms. The summed E-state index contributed by atoms with van der Waals surface area (Å²) >= 11 is 0. The zero-order chi connectivity index (χ0) is 16.7. The van der Waals surface area contributed by atoms with Crippen molar-refractivity contribution in [2.24, 2.45) is 0 Å². The van der Waals surface area contributed by atoms with E-state index in [4.69, 9.17) is 0 Å². The molecule has 1 aromatic rings. The van der Waals surface area contributed by atoms with E-state index in [9.17, 15) is 9.59 Å². The maximum absolute atomic E-state index is 13.2. The van der Waals surface area contributed by atoms with E-state index >= 15 is 0 Å². The number of imide groups is 1. The number of hydrogen-bond acceptors (Lipinski definition) is 2. The molecule has 1 saturated heterocycles. The maximum Gasteiger partial charge on any atom is 0.328 e. The number of nitrogens with zero attached hydrogens (tertiary/aromatic N) is 2. The molecule has 2 fully saturated rings. The average molecular weight is 314 g/mol. The van der Waals surface area contributed by atoms with Crippen LogP contribution in [0.1, 0.15) is 58.4 Å². The quantitative estimate of drug-likeness (QED) is 0.775. The molecule has 3 rings (SSSR count). The normalized spacial score (nSPS) is 21.3. The van der Waals surface area contributed by atoms with Gasteiger partial charge in [0.15, 0.2) is 0 Å². The van der Waals surface area contributed by atoms with Crippen molar-refractivity contribution < 1.29 is 9.59 Å². The number of hydrogen-bond donors (Lipinski definition) is 0. The molecule has 0 radical (unpaired) electrons. The lowest BCUT2D eigenvalue weighted by Gasteiger charge is -2.38. The van der Waals surface area contributed by atoms with Crippen LogP contribution in [-0.4, -0.2) is 32.8 Å². The summed E-state index contributed by atoms with van der Waals surface area (Å²) in [7, 11) is 0. The highest BCUT2D eigenvalue weighted by molar-refractivity contribution is 6.07. The molecular weight excluding hydrogens is 288 g/mol. The van der Waals surface area contributed by atoms with Gasteiger partial charge < -0.3 is 4.90 Å². The van der Waals surface area contributed by atoms with Crippen LogP contribution < -0.4 is 0 Å². The predicted octanol–water partition coefficient (Wildman–Crippen LogP) is 3.95. The highest BCUT2D eigenvalue weighted by Crippen LogP contribution is 2.43. The first-order valence-electron chi connectivity index (χ1n) is 8.56. The van der Waals surface area contributed by atoms with Gasteiger partial charge >= 0.3 is 6.03 Å². The smallest absolute Gasteiger partial charge is 0.305 e. The van der Waals surface area contributed by atoms with E-state index in [1.165, 1.54) is 4.90 Å². The average Bonchev–Trinajstić information content (AvgIpc) is 2.71. The van der Waals surface area contributed by atoms with E-state index in [0.29, 0.717) is 6.54 Å². The van der Waals surface area contributed by atoms with Gasteiger partial charge in [0.05, 0.1) is 0 Å². The second-order valence-electron chi connectivity index (χ2n) is 7.76. The lowest BCUT2D eigenvalue weighted by atomic mass is 9.80. The molecule has 4 heteroatoms. The molecule has 1 heterocycles. The molecule has 0 N–H and O–H groups in total. The summed E-state index contributed by atoms with van der Waals surface area (Å²) in [6.07, 6.45) is 4.76. The Kier molecular flexibility index (Phi) is 3.95. The molecule has 0 atom stereocenters. The molecule has 124 valence electrons. The minimum Gasteiger partial charge on any atom is -0.305 e. The maximum atomic E-state index is 13.2. The van der Waals surface area contributed by atoms with Gasteiger partial charge in [0.25, 0.3) is 5.91 Å². The van der Waals surface area contributed by atoms with E-state index < -0.39 is 11.1 Å². The molecule has 1 aliphatic carbocycles. The van der Waals surface area contributed by atoms with Crippen LogP contribution in [0.5, 0.6) is 0 Å². The van der Waals surface area contributed by atoms with E-state index in [1.54, 1.807) is 0 Å². The van der Waals surface area contributed by atoms with Gasteiger partial charge in [-0.2, -0.15) is 0 Å². The first-order valence-corrected chi connectivity index (χ1v) is 8.56. The summed E-state index contributed by atoms with van der Waals surface area (Å²) in [5.74, 6) is 0.00521. The third-order valence-electron chi connectivity index (χ3n) is 5.08. The molecule has 2 aliphatic rings. The van der Waals surface area contributed by atoms with Gasteiger partial charge in [0.2, 0.25) is 0 Å². The van der Waals surface area contributed by atoms with Crippen LogP contribution in [0.2, 0.25) is 0 Å². The standard InChI is InChI=1S/C19H26N2O2/c1-18(2,3)21-16(22)19(12-8-5-9-13-19)20(17(21)23)14-15-10-6-4-7-11-15/h4,6-7,10-11H,5,8-9,12-14H2,1-3H3. The fraction of sp³-hybridized carbons (Fsp3) is 0.579. The van der Waals surface area contributed by atoms with E-state index in [-0.39, 0.29) is 11.9 Å². The Morgan fingerprint density at radius 2 is 1.61 bits per heavy atom. The molecule has 4 nitrogen and oxygen atoms in total. The van der Waals surface area contributed by atoms with Crippen molar-refractivity contribution in [1.82, 2.24) is 9.80 Å². The van der Waals surface area contributed by atoms with E-state index in [2.05, 4.69) is 0 Å². The van der Waals surface area contributed by atoms with Crippen LogP contribution in [0, 0.1) is 0 Å². The number of benzene rings is 1. The van der Waals surface area contributed by atoms with Crippen LogP contribution in [0.4, 0.5) is 4.79 Å². The van der Waals surface area contributed by atoms with Gasteiger partial charge in [-0.15, -0.1) is 0 Å². The van der Waals surface area contributed by atoms with Crippen LogP contribution in [0.25, 0.3) is 0 Å². The molecule has 1 saturated carbocycles. The Morgan fingerprint density at radius 1 is 1.00 bits per heavy atom. The topological polar surface area (TPSA) is 40.6 Å². The van der Waals surface area contributed by atoms with Crippen molar-refractivity contribution in [3.63, 3.8) is 0 Å². The fourth-order valence-corrected chi connectivity index (χ4v) is 3.91. The van der Waals surface area contributed by atoms with Crippen LogP contribution in [-0.2, 0) is 11.3 Å². The summed E-state index contributed by atoms with van der Waals surface area (Å²) in [6, 6.07) is 9.84. The first kappa shape index (κ1) is 16.0. The lowest BCUT2D eigenvalue weighted by Crippen LogP contribution is -2.51. The lowest BCUT2D eigenvalue weighted by molar-refractivity contribution is -0.137. The van der Waals surface area contributed by atoms with Crippen LogP contribution in [0.3, 0.4) is 0 Å². The molecule has 1 spiro atoms. The van der Waals surface area contributed by atoms with Gasteiger partial charge in [-0.3, -0.25) is 9.69 Å². The SMILES string of the molecule is CC(C)(C)N1C(=O)N(Cc2ccccc2)C2(CCCCC2)C1=O. The van der Waals surface area contributed by atoms with Crippen LogP contribution >= 0.6 is 0 Å². The van der Waals surface area contributed by atoms with Crippen molar-refractivity contribution in [2.45, 2.75) is 70.5 Å². The number of carbonyl (C=O) groups is 2. The molecule has 3 amide bonds. The summed E-state index contributed by atoms with van der Waals surface area (Å²) < 4.78 is 0. The Morgan fingerprint density at radius 3 is 2.17 bits per heavy atom.